The molecule has 0 bridgehead atoms. The first kappa shape index (κ1) is 15.0. The number of nitrogens with zero attached hydrogens (tertiary/aromatic N) is 1. The Bertz CT molecular complexity index is 648. The van der Waals surface area contributed by atoms with Crippen molar-refractivity contribution in [2.45, 2.75) is 38.0 Å². The van der Waals surface area contributed by atoms with E-state index in [2.05, 4.69) is 5.32 Å². The second-order valence-electron chi connectivity index (χ2n) is 6.99. The van der Waals surface area contributed by atoms with Gasteiger partial charge in [0, 0.05) is 29.7 Å². The third kappa shape index (κ3) is 2.63. The van der Waals surface area contributed by atoms with E-state index < -0.39 is 0 Å². The number of hydrogen-bond acceptors (Lipinski definition) is 2. The third-order valence-electron chi connectivity index (χ3n) is 5.67. The summed E-state index contributed by atoms with van der Waals surface area (Å²) in [5.41, 5.74) is 1.91. The molecule has 1 atom stereocenters. The van der Waals surface area contributed by atoms with Gasteiger partial charge >= 0.3 is 0 Å². The Kier molecular flexibility index (Phi) is 3.80. The van der Waals surface area contributed by atoms with Crippen LogP contribution in [-0.2, 0) is 9.59 Å². The highest BCUT2D eigenvalue weighted by atomic mass is 35.5. The highest BCUT2D eigenvalue weighted by Gasteiger charge is 2.39. The Morgan fingerprint density at radius 1 is 1.17 bits per heavy atom. The molecule has 0 aromatic heterocycles. The van der Waals surface area contributed by atoms with Crippen LogP contribution in [-0.4, -0.2) is 29.8 Å². The zero-order chi connectivity index (χ0) is 16.0. The molecule has 1 aromatic carbocycles. The van der Waals surface area contributed by atoms with Crippen molar-refractivity contribution >= 4 is 29.1 Å². The highest BCUT2D eigenvalue weighted by molar-refractivity contribution is 6.31. The van der Waals surface area contributed by atoms with Crippen LogP contribution in [0.2, 0.25) is 5.02 Å². The molecule has 1 aliphatic carbocycles. The summed E-state index contributed by atoms with van der Waals surface area (Å²) in [4.78, 5) is 26.7. The van der Waals surface area contributed by atoms with E-state index in [1.807, 2.05) is 23.1 Å². The number of fused-ring (bicyclic) bond motifs is 1. The van der Waals surface area contributed by atoms with Crippen molar-refractivity contribution in [2.75, 3.05) is 18.4 Å². The lowest BCUT2D eigenvalue weighted by molar-refractivity contribution is -0.139. The van der Waals surface area contributed by atoms with Crippen molar-refractivity contribution in [3.05, 3.63) is 28.8 Å². The van der Waals surface area contributed by atoms with Gasteiger partial charge in [-0.15, -0.1) is 0 Å². The average molecular weight is 333 g/mol. The minimum absolute atomic E-state index is 0.0750. The van der Waals surface area contributed by atoms with Gasteiger partial charge in [-0.3, -0.25) is 9.59 Å². The van der Waals surface area contributed by atoms with Crippen molar-refractivity contribution in [1.29, 1.82) is 0 Å². The Morgan fingerprint density at radius 2 is 1.91 bits per heavy atom. The molecule has 1 aromatic rings. The number of halogens is 1. The number of piperidine rings is 1. The van der Waals surface area contributed by atoms with Crippen LogP contribution in [0.1, 0.15) is 43.6 Å². The van der Waals surface area contributed by atoms with Crippen LogP contribution in [0.25, 0.3) is 0 Å². The number of anilines is 1. The molecule has 4 rings (SSSR count). The maximum absolute atomic E-state index is 12.4. The molecule has 122 valence electrons. The van der Waals surface area contributed by atoms with Gasteiger partial charge in [-0.2, -0.15) is 0 Å². The zero-order valence-electron chi connectivity index (χ0n) is 13.1. The molecule has 2 aliphatic heterocycles. The smallest absolute Gasteiger partial charge is 0.232 e. The van der Waals surface area contributed by atoms with E-state index in [4.69, 9.17) is 11.6 Å². The van der Waals surface area contributed by atoms with Crippen LogP contribution in [0.15, 0.2) is 18.2 Å². The molecule has 1 saturated heterocycles. The normalized spacial score (nSPS) is 25.0. The molecule has 5 heteroatoms. The highest BCUT2D eigenvalue weighted by Crippen LogP contribution is 2.42. The van der Waals surface area contributed by atoms with Gasteiger partial charge in [0.2, 0.25) is 11.8 Å². The summed E-state index contributed by atoms with van der Waals surface area (Å²) in [6.45, 7) is 1.57. The molecule has 23 heavy (non-hydrogen) atoms. The van der Waals surface area contributed by atoms with E-state index in [1.54, 1.807) is 0 Å². The van der Waals surface area contributed by atoms with Crippen LogP contribution < -0.4 is 5.32 Å². The van der Waals surface area contributed by atoms with Gasteiger partial charge < -0.3 is 10.2 Å². The molecule has 1 saturated carbocycles. The molecule has 4 nitrogen and oxygen atoms in total. The van der Waals surface area contributed by atoms with E-state index >= 15 is 0 Å². The van der Waals surface area contributed by atoms with Gasteiger partial charge in [-0.05, 0) is 49.3 Å². The van der Waals surface area contributed by atoms with Crippen LogP contribution in [0.5, 0.6) is 0 Å². The van der Waals surface area contributed by atoms with Crippen molar-refractivity contribution in [2.24, 2.45) is 11.8 Å². The Morgan fingerprint density at radius 3 is 2.57 bits per heavy atom. The first-order valence-electron chi connectivity index (χ1n) is 8.52. The summed E-state index contributed by atoms with van der Waals surface area (Å²) in [5.74, 6) is 0.888. The van der Waals surface area contributed by atoms with Crippen molar-refractivity contribution in [3.63, 3.8) is 0 Å². The fraction of sp³-hybridized carbons (Fsp3) is 0.556. The van der Waals surface area contributed by atoms with Gasteiger partial charge in [0.05, 0.1) is 5.92 Å². The minimum atomic E-state index is -0.0942. The molecule has 2 heterocycles. The fourth-order valence-corrected chi connectivity index (χ4v) is 4.27. The number of benzene rings is 1. The van der Waals surface area contributed by atoms with E-state index in [1.165, 1.54) is 6.42 Å². The Balaban J connectivity index is 1.44. The predicted molar refractivity (Wildman–Crippen MR) is 89.5 cm³/mol. The Labute approximate surface area is 141 Å². The number of nitrogens with one attached hydrogen (secondary N) is 1. The maximum Gasteiger partial charge on any atom is 0.232 e. The number of rotatable bonds is 2. The quantitative estimate of drug-likeness (QED) is 0.902. The Hall–Kier alpha value is -1.55. The first-order chi connectivity index (χ1) is 11.1. The van der Waals surface area contributed by atoms with E-state index in [9.17, 15) is 9.59 Å². The van der Waals surface area contributed by atoms with Crippen LogP contribution >= 0.6 is 11.6 Å². The third-order valence-corrected chi connectivity index (χ3v) is 5.90. The number of carbonyl (C=O) groups excluding carboxylic acids is 2. The average Bonchev–Trinajstić information content (AvgIpc) is 2.80. The summed E-state index contributed by atoms with van der Waals surface area (Å²) >= 11 is 6.01. The summed E-state index contributed by atoms with van der Waals surface area (Å²) < 4.78 is 0. The standard InChI is InChI=1S/C18H21ClN2O2/c19-13-4-5-14-15(10-13)20-17(22)16(14)11-6-8-21(9-7-11)18(23)12-2-1-3-12/h4-5,10-12,16H,1-3,6-9H2,(H,20,22). The summed E-state index contributed by atoms with van der Waals surface area (Å²) in [7, 11) is 0. The van der Waals surface area contributed by atoms with Crippen molar-refractivity contribution < 1.29 is 9.59 Å². The topological polar surface area (TPSA) is 49.4 Å². The molecule has 1 N–H and O–H groups in total. The van der Waals surface area contributed by atoms with Gasteiger partial charge in [-0.1, -0.05) is 24.1 Å². The second kappa shape index (κ2) is 5.82. The summed E-state index contributed by atoms with van der Waals surface area (Å²) in [5, 5.41) is 3.60. The van der Waals surface area contributed by atoms with Gasteiger partial charge in [-0.25, -0.2) is 0 Å². The molecule has 2 fully saturated rings. The summed E-state index contributed by atoms with van der Waals surface area (Å²) in [6.07, 6.45) is 5.10. The maximum atomic E-state index is 12.4. The lowest BCUT2D eigenvalue weighted by atomic mass is 9.79. The molecule has 0 spiro atoms. The number of hydrogen-bond donors (Lipinski definition) is 1. The van der Waals surface area contributed by atoms with E-state index in [0.29, 0.717) is 16.8 Å². The molecule has 1 unspecified atom stereocenters. The van der Waals surface area contributed by atoms with Crippen LogP contribution in [0.4, 0.5) is 5.69 Å². The minimum Gasteiger partial charge on any atom is -0.342 e. The fourth-order valence-electron chi connectivity index (χ4n) is 4.09. The number of carbonyl (C=O) groups is 2. The lowest BCUT2D eigenvalue weighted by Gasteiger charge is -2.37. The predicted octanol–water partition coefficient (Wildman–Crippen LogP) is 3.41. The monoisotopic (exact) mass is 332 g/mol. The molecular formula is C18H21ClN2O2. The molecular weight excluding hydrogens is 312 g/mol. The molecule has 0 radical (unpaired) electrons. The lowest BCUT2D eigenvalue weighted by Crippen LogP contribution is -2.44. The first-order valence-corrected chi connectivity index (χ1v) is 8.90. The second-order valence-corrected chi connectivity index (χ2v) is 7.43. The SMILES string of the molecule is O=C1Nc2cc(Cl)ccc2C1C1CCN(C(=O)C2CCC2)CC1. The van der Waals surface area contributed by atoms with Crippen molar-refractivity contribution in [1.82, 2.24) is 4.90 Å². The largest absolute Gasteiger partial charge is 0.342 e. The van der Waals surface area contributed by atoms with E-state index in [-0.39, 0.29) is 17.7 Å². The van der Waals surface area contributed by atoms with Gasteiger partial charge in [0.1, 0.15) is 0 Å². The zero-order valence-corrected chi connectivity index (χ0v) is 13.8. The number of amides is 2. The van der Waals surface area contributed by atoms with E-state index in [0.717, 1.165) is 50.0 Å². The van der Waals surface area contributed by atoms with Crippen molar-refractivity contribution in [3.8, 4) is 0 Å². The summed E-state index contributed by atoms with van der Waals surface area (Å²) in [6, 6.07) is 5.64. The number of likely N-dealkylation sites (tertiary alicyclic amines) is 1. The van der Waals surface area contributed by atoms with Crippen LogP contribution in [0.3, 0.4) is 0 Å². The molecule has 3 aliphatic rings. The van der Waals surface area contributed by atoms with Gasteiger partial charge in [0.15, 0.2) is 0 Å². The molecule has 2 amide bonds. The van der Waals surface area contributed by atoms with Gasteiger partial charge in [0.25, 0.3) is 0 Å². The van der Waals surface area contributed by atoms with Crippen LogP contribution in [0, 0.1) is 11.8 Å².